The summed E-state index contributed by atoms with van der Waals surface area (Å²) in [4.78, 5) is 5.35. The number of piperidine rings is 1. The fourth-order valence-corrected chi connectivity index (χ4v) is 3.59. The van der Waals surface area contributed by atoms with Crippen LogP contribution >= 0.6 is 0 Å². The minimum absolute atomic E-state index is 0.714. The van der Waals surface area contributed by atoms with E-state index in [9.17, 15) is 0 Å². The molecule has 1 aliphatic carbocycles. The topological polar surface area (TPSA) is 32.5 Å². The predicted octanol–water partition coefficient (Wildman–Crippen LogP) is 2.46. The lowest BCUT2D eigenvalue weighted by molar-refractivity contribution is 0.0957. The van der Waals surface area contributed by atoms with Gasteiger partial charge in [-0.15, -0.1) is 0 Å². The molecular weight excluding hydrogens is 258 g/mol. The molecule has 0 bridgehead atoms. The third-order valence-corrected chi connectivity index (χ3v) is 4.90. The first kappa shape index (κ1) is 15.0. The number of likely N-dealkylation sites (tertiary alicyclic amines) is 1. The van der Waals surface area contributed by atoms with Crippen molar-refractivity contribution in [1.82, 2.24) is 9.80 Å². The van der Waals surface area contributed by atoms with Gasteiger partial charge in [0.15, 0.2) is 0 Å². The zero-order valence-corrected chi connectivity index (χ0v) is 13.1. The molecule has 1 saturated heterocycles. The van der Waals surface area contributed by atoms with Gasteiger partial charge in [0.1, 0.15) is 0 Å². The van der Waals surface area contributed by atoms with E-state index in [0.29, 0.717) is 6.04 Å². The van der Waals surface area contributed by atoms with Crippen molar-refractivity contribution in [3.8, 4) is 0 Å². The van der Waals surface area contributed by atoms with E-state index in [4.69, 9.17) is 5.73 Å². The largest absolute Gasteiger partial charge is 0.329 e. The van der Waals surface area contributed by atoms with E-state index in [1.807, 2.05) is 0 Å². The number of rotatable bonds is 7. The van der Waals surface area contributed by atoms with Crippen molar-refractivity contribution in [3.63, 3.8) is 0 Å². The molecule has 0 amide bonds. The summed E-state index contributed by atoms with van der Waals surface area (Å²) in [5.41, 5.74) is 7.25. The molecule has 0 spiro atoms. The number of nitrogens with two attached hydrogens (primary N) is 1. The summed E-state index contributed by atoms with van der Waals surface area (Å²) in [5.74, 6) is 0. The highest BCUT2D eigenvalue weighted by molar-refractivity contribution is 5.14. The summed E-state index contributed by atoms with van der Waals surface area (Å²) in [5, 5.41) is 0. The van der Waals surface area contributed by atoms with Gasteiger partial charge in [0.05, 0.1) is 0 Å². The first-order chi connectivity index (χ1) is 10.4. The molecule has 116 valence electrons. The van der Waals surface area contributed by atoms with Crippen molar-refractivity contribution in [3.05, 3.63) is 35.9 Å². The Bertz CT molecular complexity index is 416. The van der Waals surface area contributed by atoms with Crippen LogP contribution in [0.25, 0.3) is 0 Å². The third-order valence-electron chi connectivity index (χ3n) is 4.90. The van der Waals surface area contributed by atoms with Crippen LogP contribution in [0.3, 0.4) is 0 Å². The van der Waals surface area contributed by atoms with Gasteiger partial charge in [0.2, 0.25) is 0 Å². The van der Waals surface area contributed by atoms with Crippen molar-refractivity contribution in [2.75, 3.05) is 26.2 Å². The third kappa shape index (κ3) is 4.29. The maximum atomic E-state index is 5.80. The molecule has 1 saturated carbocycles. The summed E-state index contributed by atoms with van der Waals surface area (Å²) < 4.78 is 0. The predicted molar refractivity (Wildman–Crippen MR) is 88.1 cm³/mol. The van der Waals surface area contributed by atoms with Gasteiger partial charge < -0.3 is 5.73 Å². The first-order valence-corrected chi connectivity index (χ1v) is 8.59. The summed E-state index contributed by atoms with van der Waals surface area (Å²) in [6.07, 6.45) is 6.85. The Labute approximate surface area is 129 Å². The zero-order chi connectivity index (χ0) is 14.5. The fraction of sp³-hybridized carbons (Fsp3) is 0.667. The Morgan fingerprint density at radius 1 is 1.10 bits per heavy atom. The number of benzene rings is 1. The molecule has 2 aliphatic rings. The highest BCUT2D eigenvalue weighted by Gasteiger charge is 2.32. The van der Waals surface area contributed by atoms with E-state index in [2.05, 4.69) is 40.1 Å². The Morgan fingerprint density at radius 3 is 2.62 bits per heavy atom. The highest BCUT2D eigenvalue weighted by Crippen LogP contribution is 2.29. The second-order valence-corrected chi connectivity index (χ2v) is 6.62. The standard InChI is InChI=1S/C18H29N3/c19-11-13-21(17-9-10-17)15-18-8-4-5-12-20(18)14-16-6-2-1-3-7-16/h1-3,6-7,17-18H,4-5,8-15,19H2/t18-/m1/s1. The molecule has 1 aromatic rings. The van der Waals surface area contributed by atoms with Gasteiger partial charge in [-0.1, -0.05) is 36.8 Å². The Balaban J connectivity index is 1.60. The second-order valence-electron chi connectivity index (χ2n) is 6.62. The molecule has 3 nitrogen and oxygen atoms in total. The smallest absolute Gasteiger partial charge is 0.0237 e. The van der Waals surface area contributed by atoms with Crippen LogP contribution in [0.1, 0.15) is 37.7 Å². The van der Waals surface area contributed by atoms with Crippen LogP contribution < -0.4 is 5.73 Å². The molecule has 3 rings (SSSR count). The Hall–Kier alpha value is -0.900. The summed E-state index contributed by atoms with van der Waals surface area (Å²) in [6.45, 7) is 5.43. The molecule has 21 heavy (non-hydrogen) atoms. The van der Waals surface area contributed by atoms with Crippen LogP contribution in [0.2, 0.25) is 0 Å². The minimum Gasteiger partial charge on any atom is -0.329 e. The molecule has 1 atom stereocenters. The van der Waals surface area contributed by atoms with Crippen LogP contribution in [0.5, 0.6) is 0 Å². The molecular formula is C18H29N3. The van der Waals surface area contributed by atoms with E-state index < -0.39 is 0 Å². The van der Waals surface area contributed by atoms with Crippen molar-refractivity contribution >= 4 is 0 Å². The molecule has 3 heteroatoms. The lowest BCUT2D eigenvalue weighted by Crippen LogP contribution is -2.47. The van der Waals surface area contributed by atoms with Crippen LogP contribution in [0, 0.1) is 0 Å². The van der Waals surface area contributed by atoms with Gasteiger partial charge in [0.25, 0.3) is 0 Å². The molecule has 0 aromatic heterocycles. The lowest BCUT2D eigenvalue weighted by Gasteiger charge is -2.39. The van der Waals surface area contributed by atoms with Crippen molar-refractivity contribution in [1.29, 1.82) is 0 Å². The fourth-order valence-electron chi connectivity index (χ4n) is 3.59. The monoisotopic (exact) mass is 287 g/mol. The van der Waals surface area contributed by atoms with E-state index in [1.165, 1.54) is 50.8 Å². The molecule has 1 aromatic carbocycles. The lowest BCUT2D eigenvalue weighted by atomic mass is 10.0. The van der Waals surface area contributed by atoms with E-state index in [-0.39, 0.29) is 0 Å². The molecule has 0 unspecified atom stereocenters. The van der Waals surface area contributed by atoms with Gasteiger partial charge in [-0.3, -0.25) is 9.80 Å². The van der Waals surface area contributed by atoms with Gasteiger partial charge in [0, 0.05) is 38.3 Å². The SMILES string of the molecule is NCCN(C[C@H]1CCCCN1Cc1ccccc1)C1CC1. The van der Waals surface area contributed by atoms with Gasteiger partial charge in [-0.2, -0.15) is 0 Å². The number of nitrogens with zero attached hydrogens (tertiary/aromatic N) is 2. The van der Waals surface area contributed by atoms with Gasteiger partial charge in [-0.25, -0.2) is 0 Å². The summed E-state index contributed by atoms with van der Waals surface area (Å²) in [6, 6.07) is 12.5. The molecule has 2 N–H and O–H groups in total. The van der Waals surface area contributed by atoms with Crippen LogP contribution in [0.15, 0.2) is 30.3 Å². The normalized spacial score (nSPS) is 23.6. The quantitative estimate of drug-likeness (QED) is 0.836. The van der Waals surface area contributed by atoms with Gasteiger partial charge in [-0.05, 0) is 37.8 Å². The van der Waals surface area contributed by atoms with E-state index >= 15 is 0 Å². The average Bonchev–Trinajstić information content (AvgIpc) is 3.34. The summed E-state index contributed by atoms with van der Waals surface area (Å²) >= 11 is 0. The molecule has 1 heterocycles. The van der Waals surface area contributed by atoms with E-state index in [0.717, 1.165) is 25.7 Å². The van der Waals surface area contributed by atoms with Crippen molar-refractivity contribution < 1.29 is 0 Å². The van der Waals surface area contributed by atoms with E-state index in [1.54, 1.807) is 0 Å². The summed E-state index contributed by atoms with van der Waals surface area (Å²) in [7, 11) is 0. The Morgan fingerprint density at radius 2 is 1.90 bits per heavy atom. The maximum Gasteiger partial charge on any atom is 0.0237 e. The molecule has 2 fully saturated rings. The molecule has 0 radical (unpaired) electrons. The van der Waals surface area contributed by atoms with Crippen LogP contribution in [-0.4, -0.2) is 48.1 Å². The van der Waals surface area contributed by atoms with Crippen LogP contribution in [0.4, 0.5) is 0 Å². The minimum atomic E-state index is 0.714. The number of hydrogen-bond acceptors (Lipinski definition) is 3. The highest BCUT2D eigenvalue weighted by atomic mass is 15.2. The Kier molecular flexibility index (Phi) is 5.28. The van der Waals surface area contributed by atoms with Crippen molar-refractivity contribution in [2.45, 2.75) is 50.7 Å². The van der Waals surface area contributed by atoms with Crippen LogP contribution in [-0.2, 0) is 6.54 Å². The van der Waals surface area contributed by atoms with Gasteiger partial charge >= 0.3 is 0 Å². The molecule has 1 aliphatic heterocycles. The maximum absolute atomic E-state index is 5.80. The average molecular weight is 287 g/mol. The first-order valence-electron chi connectivity index (χ1n) is 8.59. The van der Waals surface area contributed by atoms with Crippen molar-refractivity contribution in [2.24, 2.45) is 5.73 Å². The number of hydrogen-bond donors (Lipinski definition) is 1. The zero-order valence-electron chi connectivity index (χ0n) is 13.1. The second kappa shape index (κ2) is 7.39.